The number of aryl methyl sites for hydroxylation is 1. The molecule has 1 aromatic rings. The molecule has 0 saturated carbocycles. The third-order valence-corrected chi connectivity index (χ3v) is 5.62. The van der Waals surface area contributed by atoms with E-state index in [1.54, 1.807) is 0 Å². The Kier molecular flexibility index (Phi) is 4.43. The standard InChI is InChI=1S/C15H23NO2S/c1-12-4-6-13(7-5-12)14(17)10-16-8-9-19(18)15(2,3)11-16/h4-7,14,17H,8-11H2,1-3H3. The van der Waals surface area contributed by atoms with Crippen molar-refractivity contribution in [2.45, 2.75) is 31.6 Å². The maximum atomic E-state index is 11.9. The Labute approximate surface area is 118 Å². The van der Waals surface area contributed by atoms with Crippen molar-refractivity contribution in [2.75, 3.05) is 25.4 Å². The fraction of sp³-hybridized carbons (Fsp3) is 0.600. The lowest BCUT2D eigenvalue weighted by Gasteiger charge is -2.38. The van der Waals surface area contributed by atoms with Gasteiger partial charge in [0.15, 0.2) is 0 Å². The van der Waals surface area contributed by atoms with Crippen LogP contribution in [0, 0.1) is 6.92 Å². The van der Waals surface area contributed by atoms with E-state index in [0.717, 1.165) is 18.7 Å². The summed E-state index contributed by atoms with van der Waals surface area (Å²) in [5.41, 5.74) is 2.15. The van der Waals surface area contributed by atoms with Crippen molar-refractivity contribution in [3.8, 4) is 0 Å². The lowest BCUT2D eigenvalue weighted by molar-refractivity contribution is 0.109. The van der Waals surface area contributed by atoms with Crippen LogP contribution < -0.4 is 0 Å². The fourth-order valence-electron chi connectivity index (χ4n) is 2.47. The molecule has 0 aromatic heterocycles. The van der Waals surface area contributed by atoms with Gasteiger partial charge in [-0.25, -0.2) is 0 Å². The first-order valence-electron chi connectivity index (χ1n) is 6.74. The topological polar surface area (TPSA) is 40.5 Å². The third kappa shape index (κ3) is 3.65. The number of rotatable bonds is 3. The zero-order valence-corrected chi connectivity index (χ0v) is 12.7. The van der Waals surface area contributed by atoms with Crippen LogP contribution in [0.25, 0.3) is 0 Å². The highest BCUT2D eigenvalue weighted by Crippen LogP contribution is 2.23. The second kappa shape index (κ2) is 5.73. The van der Waals surface area contributed by atoms with Crippen LogP contribution in [-0.2, 0) is 10.8 Å². The second-order valence-corrected chi connectivity index (χ2v) is 8.18. The molecule has 2 atom stereocenters. The van der Waals surface area contributed by atoms with Crippen molar-refractivity contribution in [3.63, 3.8) is 0 Å². The molecule has 0 spiro atoms. The summed E-state index contributed by atoms with van der Waals surface area (Å²) >= 11 is 0. The van der Waals surface area contributed by atoms with Crippen molar-refractivity contribution >= 4 is 10.8 Å². The number of aliphatic hydroxyl groups excluding tert-OH is 1. The zero-order valence-electron chi connectivity index (χ0n) is 11.9. The average molecular weight is 281 g/mol. The van der Waals surface area contributed by atoms with Crippen molar-refractivity contribution in [1.29, 1.82) is 0 Å². The van der Waals surface area contributed by atoms with E-state index in [0.29, 0.717) is 12.3 Å². The molecule has 1 aliphatic heterocycles. The molecule has 1 fully saturated rings. The van der Waals surface area contributed by atoms with Gasteiger partial charge < -0.3 is 5.11 Å². The summed E-state index contributed by atoms with van der Waals surface area (Å²) < 4.78 is 11.7. The van der Waals surface area contributed by atoms with Crippen LogP contribution in [0.1, 0.15) is 31.1 Å². The van der Waals surface area contributed by atoms with Crippen molar-refractivity contribution < 1.29 is 9.32 Å². The predicted octanol–water partition coefficient (Wildman–Crippen LogP) is 1.87. The van der Waals surface area contributed by atoms with E-state index in [1.807, 2.05) is 45.0 Å². The van der Waals surface area contributed by atoms with Crippen LogP contribution in [0.15, 0.2) is 24.3 Å². The van der Waals surface area contributed by atoms with Gasteiger partial charge in [0, 0.05) is 36.2 Å². The van der Waals surface area contributed by atoms with Crippen LogP contribution in [0.3, 0.4) is 0 Å². The number of benzene rings is 1. The first-order chi connectivity index (χ1) is 8.88. The molecule has 2 unspecified atom stereocenters. The summed E-state index contributed by atoms with van der Waals surface area (Å²) in [6.07, 6.45) is -0.470. The first-order valence-corrected chi connectivity index (χ1v) is 8.06. The maximum Gasteiger partial charge on any atom is 0.0916 e. The quantitative estimate of drug-likeness (QED) is 0.919. The van der Waals surface area contributed by atoms with E-state index in [9.17, 15) is 9.32 Å². The maximum absolute atomic E-state index is 11.9. The molecule has 3 nitrogen and oxygen atoms in total. The summed E-state index contributed by atoms with van der Waals surface area (Å²) in [5, 5.41) is 10.3. The van der Waals surface area contributed by atoms with Crippen LogP contribution in [0.2, 0.25) is 0 Å². The largest absolute Gasteiger partial charge is 0.387 e. The summed E-state index contributed by atoms with van der Waals surface area (Å²) in [6.45, 7) is 8.31. The van der Waals surface area contributed by atoms with Crippen molar-refractivity contribution in [1.82, 2.24) is 4.90 Å². The van der Waals surface area contributed by atoms with E-state index in [1.165, 1.54) is 5.56 Å². The third-order valence-electron chi connectivity index (χ3n) is 3.71. The fourth-order valence-corrected chi connectivity index (χ4v) is 3.78. The van der Waals surface area contributed by atoms with Gasteiger partial charge in [-0.05, 0) is 26.3 Å². The molecule has 106 valence electrons. The number of β-amino-alcohol motifs (C(OH)–C–C–N with tert-alkyl or cyclic N) is 1. The molecule has 1 heterocycles. The highest BCUT2D eigenvalue weighted by Gasteiger charge is 2.33. The number of hydrogen-bond donors (Lipinski definition) is 1. The predicted molar refractivity (Wildman–Crippen MR) is 79.7 cm³/mol. The Morgan fingerprint density at radius 2 is 2.00 bits per heavy atom. The van der Waals surface area contributed by atoms with Crippen LogP contribution >= 0.6 is 0 Å². The van der Waals surface area contributed by atoms with Gasteiger partial charge in [-0.2, -0.15) is 0 Å². The van der Waals surface area contributed by atoms with Gasteiger partial charge in [0.2, 0.25) is 0 Å². The average Bonchev–Trinajstić information content (AvgIpc) is 2.34. The van der Waals surface area contributed by atoms with Crippen LogP contribution in [0.5, 0.6) is 0 Å². The molecule has 1 N–H and O–H groups in total. The lowest BCUT2D eigenvalue weighted by Crippen LogP contribution is -2.50. The van der Waals surface area contributed by atoms with E-state index in [4.69, 9.17) is 0 Å². The molecule has 0 radical (unpaired) electrons. The molecular weight excluding hydrogens is 258 g/mol. The second-order valence-electron chi connectivity index (χ2n) is 5.97. The molecule has 2 rings (SSSR count). The Morgan fingerprint density at radius 3 is 2.58 bits per heavy atom. The minimum Gasteiger partial charge on any atom is -0.387 e. The summed E-state index contributed by atoms with van der Waals surface area (Å²) in [4.78, 5) is 2.21. The molecule has 4 heteroatoms. The van der Waals surface area contributed by atoms with E-state index in [-0.39, 0.29) is 4.75 Å². The minimum atomic E-state index is -0.757. The smallest absolute Gasteiger partial charge is 0.0916 e. The van der Waals surface area contributed by atoms with E-state index >= 15 is 0 Å². The van der Waals surface area contributed by atoms with Crippen molar-refractivity contribution in [2.24, 2.45) is 0 Å². The highest BCUT2D eigenvalue weighted by atomic mass is 32.2. The molecule has 0 bridgehead atoms. The normalized spacial score (nSPS) is 25.2. The Hall–Kier alpha value is -0.710. The molecule has 19 heavy (non-hydrogen) atoms. The first kappa shape index (κ1) is 14.7. The van der Waals surface area contributed by atoms with E-state index in [2.05, 4.69) is 4.90 Å². The van der Waals surface area contributed by atoms with Gasteiger partial charge in [-0.1, -0.05) is 29.8 Å². The van der Waals surface area contributed by atoms with Crippen LogP contribution in [0.4, 0.5) is 0 Å². The molecule has 1 aliphatic rings. The number of aliphatic hydroxyl groups is 1. The summed E-state index contributed by atoms with van der Waals surface area (Å²) in [5.74, 6) is 0.702. The van der Waals surface area contributed by atoms with Crippen LogP contribution in [-0.4, -0.2) is 44.3 Å². The monoisotopic (exact) mass is 281 g/mol. The van der Waals surface area contributed by atoms with Gasteiger partial charge in [-0.3, -0.25) is 9.11 Å². The van der Waals surface area contributed by atoms with Gasteiger partial charge in [0.1, 0.15) is 0 Å². The Bertz CT molecular complexity index is 456. The Balaban J connectivity index is 1.98. The van der Waals surface area contributed by atoms with Gasteiger partial charge in [0.05, 0.1) is 10.9 Å². The number of hydrogen-bond acceptors (Lipinski definition) is 3. The minimum absolute atomic E-state index is 0.175. The van der Waals surface area contributed by atoms with Gasteiger partial charge in [0.25, 0.3) is 0 Å². The molecule has 0 aliphatic carbocycles. The summed E-state index contributed by atoms with van der Waals surface area (Å²) in [6, 6.07) is 8.00. The van der Waals surface area contributed by atoms with E-state index < -0.39 is 16.9 Å². The molecule has 0 amide bonds. The SMILES string of the molecule is Cc1ccc(C(O)CN2CCS(=O)C(C)(C)C2)cc1. The van der Waals surface area contributed by atoms with Crippen molar-refractivity contribution in [3.05, 3.63) is 35.4 Å². The molecule has 1 saturated heterocycles. The number of nitrogens with zero attached hydrogens (tertiary/aromatic N) is 1. The summed E-state index contributed by atoms with van der Waals surface area (Å²) in [7, 11) is -0.757. The molecule has 1 aromatic carbocycles. The lowest BCUT2D eigenvalue weighted by atomic mass is 10.1. The van der Waals surface area contributed by atoms with Gasteiger partial charge in [-0.15, -0.1) is 0 Å². The molecular formula is C15H23NO2S. The van der Waals surface area contributed by atoms with Gasteiger partial charge >= 0.3 is 0 Å². The Morgan fingerprint density at radius 1 is 1.37 bits per heavy atom. The zero-order chi connectivity index (χ0) is 14.0. The highest BCUT2D eigenvalue weighted by molar-refractivity contribution is 7.86.